The van der Waals surface area contributed by atoms with Crippen LogP contribution in [-0.2, 0) is 14.3 Å². The molecule has 2 atom stereocenters. The Morgan fingerprint density at radius 2 is 0.761 bits per heavy atom. The maximum Gasteiger partial charge on any atom is 0.305 e. The molecule has 392 valence electrons. The molecule has 1 amide bonds. The van der Waals surface area contributed by atoms with Gasteiger partial charge in [0, 0.05) is 12.8 Å². The third-order valence-corrected chi connectivity index (χ3v) is 13.3. The average Bonchev–Trinajstić information content (AvgIpc) is 3.33. The number of esters is 1. The number of nitrogens with one attached hydrogen (secondary N) is 1. The fourth-order valence-electron chi connectivity index (χ4n) is 8.76. The molecule has 3 N–H and O–H groups in total. The van der Waals surface area contributed by atoms with E-state index in [0.717, 1.165) is 103 Å². The van der Waals surface area contributed by atoms with Gasteiger partial charge in [0.1, 0.15) is 0 Å². The van der Waals surface area contributed by atoms with E-state index in [1.807, 2.05) is 6.08 Å². The predicted octanol–water partition coefficient (Wildman–Crippen LogP) is 18.2. The zero-order valence-corrected chi connectivity index (χ0v) is 44.6. The number of hydrogen-bond donors (Lipinski definition) is 3. The van der Waals surface area contributed by atoms with Gasteiger partial charge in [0.05, 0.1) is 25.4 Å². The lowest BCUT2D eigenvalue weighted by Crippen LogP contribution is -2.45. The zero-order valence-electron chi connectivity index (χ0n) is 44.6. The van der Waals surface area contributed by atoms with Crippen LogP contribution < -0.4 is 5.32 Å². The summed E-state index contributed by atoms with van der Waals surface area (Å²) in [7, 11) is 0. The molecule has 0 saturated carbocycles. The van der Waals surface area contributed by atoms with E-state index < -0.39 is 12.1 Å². The number of hydrogen-bond acceptors (Lipinski definition) is 5. The quantitative estimate of drug-likeness (QED) is 0.0321. The van der Waals surface area contributed by atoms with Crippen molar-refractivity contribution in [1.82, 2.24) is 5.32 Å². The summed E-state index contributed by atoms with van der Waals surface area (Å²) >= 11 is 0. The van der Waals surface area contributed by atoms with Crippen molar-refractivity contribution >= 4 is 11.9 Å². The molecule has 0 bridgehead atoms. The molecule has 0 aromatic carbocycles. The van der Waals surface area contributed by atoms with Gasteiger partial charge in [-0.15, -0.1) is 0 Å². The largest absolute Gasteiger partial charge is 0.466 e. The van der Waals surface area contributed by atoms with Gasteiger partial charge < -0.3 is 20.3 Å². The Kier molecular flexibility index (Phi) is 54.6. The van der Waals surface area contributed by atoms with Crippen molar-refractivity contribution in [3.63, 3.8) is 0 Å². The second-order valence-electron chi connectivity index (χ2n) is 20.0. The molecule has 0 aliphatic heterocycles. The first kappa shape index (κ1) is 64.8. The van der Waals surface area contributed by atoms with Crippen LogP contribution in [0, 0.1) is 0 Å². The first-order valence-corrected chi connectivity index (χ1v) is 29.4. The van der Waals surface area contributed by atoms with E-state index in [0.29, 0.717) is 19.4 Å². The van der Waals surface area contributed by atoms with Crippen LogP contribution in [0.15, 0.2) is 48.6 Å². The lowest BCUT2D eigenvalue weighted by atomic mass is 10.0. The Balaban J connectivity index is 3.54. The minimum atomic E-state index is -0.864. The maximum absolute atomic E-state index is 12.5. The van der Waals surface area contributed by atoms with Crippen LogP contribution in [0.2, 0.25) is 0 Å². The highest BCUT2D eigenvalue weighted by molar-refractivity contribution is 5.76. The van der Waals surface area contributed by atoms with Crippen LogP contribution in [0.5, 0.6) is 0 Å². The summed E-state index contributed by atoms with van der Waals surface area (Å²) in [6.07, 6.45) is 71.4. The Labute approximate surface area is 416 Å². The van der Waals surface area contributed by atoms with Crippen LogP contribution in [0.25, 0.3) is 0 Å². The highest BCUT2D eigenvalue weighted by Gasteiger charge is 2.18. The van der Waals surface area contributed by atoms with Crippen molar-refractivity contribution in [3.8, 4) is 0 Å². The molecule has 2 unspecified atom stereocenters. The van der Waals surface area contributed by atoms with Gasteiger partial charge in [0.25, 0.3) is 0 Å². The van der Waals surface area contributed by atoms with Crippen LogP contribution >= 0.6 is 0 Å². The maximum atomic E-state index is 12.5. The molecule has 0 heterocycles. The number of aliphatic hydroxyl groups excluding tert-OH is 2. The third kappa shape index (κ3) is 53.0. The van der Waals surface area contributed by atoms with Gasteiger partial charge in [0.2, 0.25) is 5.91 Å². The van der Waals surface area contributed by atoms with Crippen molar-refractivity contribution in [2.45, 2.75) is 315 Å². The van der Waals surface area contributed by atoms with E-state index in [-0.39, 0.29) is 18.5 Å². The van der Waals surface area contributed by atoms with Crippen molar-refractivity contribution in [2.75, 3.05) is 13.2 Å². The molecular formula is C61H113NO5. The van der Waals surface area contributed by atoms with Gasteiger partial charge in [-0.1, -0.05) is 249 Å². The standard InChI is InChI=1S/C61H113NO5/c1-3-5-7-9-11-13-15-17-19-20-21-22-23-24-25-26-27-28-29-33-37-41-45-49-53-59(64)58(57-63)62-60(65)54-50-46-42-38-34-31-32-36-40-44-48-52-56-67-61(66)55-51-47-43-39-35-30-18-16-14-12-10-8-6-4-2/h10,12,16,18,32,36,49,53,58-59,63-64H,3-9,11,13-15,17,19-31,33-35,37-48,50-52,54-57H2,1-2H3,(H,62,65)/b12-10-,18-16-,36-32-,53-49+. The van der Waals surface area contributed by atoms with E-state index in [9.17, 15) is 19.8 Å². The lowest BCUT2D eigenvalue weighted by molar-refractivity contribution is -0.143. The van der Waals surface area contributed by atoms with Crippen molar-refractivity contribution in [2.24, 2.45) is 0 Å². The summed E-state index contributed by atoms with van der Waals surface area (Å²) in [5.74, 6) is -0.132. The number of ether oxygens (including phenoxy) is 1. The molecule has 0 saturated heterocycles. The first-order chi connectivity index (χ1) is 33.0. The average molecular weight is 941 g/mol. The number of unbranched alkanes of at least 4 members (excludes halogenated alkanes) is 37. The van der Waals surface area contributed by atoms with Crippen molar-refractivity contribution < 1.29 is 24.5 Å². The van der Waals surface area contributed by atoms with Crippen LogP contribution in [0.1, 0.15) is 303 Å². The third-order valence-electron chi connectivity index (χ3n) is 13.3. The number of carbonyl (C=O) groups is 2. The topological polar surface area (TPSA) is 95.9 Å². The Hall–Kier alpha value is -2.18. The minimum absolute atomic E-state index is 0.0390. The smallest absolute Gasteiger partial charge is 0.305 e. The molecule has 0 spiro atoms. The summed E-state index contributed by atoms with van der Waals surface area (Å²) in [5, 5.41) is 23.2. The number of aliphatic hydroxyl groups is 2. The SMILES string of the molecule is CCCC/C=C\C/C=C\CCCCCCCC(=O)OCCCCC/C=C\CCCCCCCC(=O)NC(CO)C(O)/C=C/CCCCCCCCCCCCCCCCCCCCCCCC. The normalized spacial score (nSPS) is 13.0. The zero-order chi connectivity index (χ0) is 48.6. The lowest BCUT2D eigenvalue weighted by Gasteiger charge is -2.20. The molecule has 0 fully saturated rings. The summed E-state index contributed by atoms with van der Waals surface area (Å²) in [5.41, 5.74) is 0. The molecule has 0 rings (SSSR count). The Morgan fingerprint density at radius 3 is 1.19 bits per heavy atom. The van der Waals surface area contributed by atoms with Crippen molar-refractivity contribution in [1.29, 1.82) is 0 Å². The molecule has 6 nitrogen and oxygen atoms in total. The molecule has 0 aliphatic carbocycles. The Morgan fingerprint density at radius 1 is 0.418 bits per heavy atom. The summed E-state index contributed by atoms with van der Waals surface area (Å²) in [6.45, 7) is 4.80. The van der Waals surface area contributed by atoms with Gasteiger partial charge in [0.15, 0.2) is 0 Å². The van der Waals surface area contributed by atoms with Crippen LogP contribution in [-0.4, -0.2) is 47.4 Å². The minimum Gasteiger partial charge on any atom is -0.466 e. The number of allylic oxidation sites excluding steroid dienone is 7. The van der Waals surface area contributed by atoms with Gasteiger partial charge in [-0.25, -0.2) is 0 Å². The van der Waals surface area contributed by atoms with Gasteiger partial charge in [-0.05, 0) is 89.9 Å². The van der Waals surface area contributed by atoms with E-state index in [1.54, 1.807) is 6.08 Å². The van der Waals surface area contributed by atoms with Gasteiger partial charge in [-0.3, -0.25) is 9.59 Å². The molecule has 0 aromatic rings. The molecule has 0 radical (unpaired) electrons. The molecular weight excluding hydrogens is 827 g/mol. The van der Waals surface area contributed by atoms with E-state index >= 15 is 0 Å². The van der Waals surface area contributed by atoms with Crippen molar-refractivity contribution in [3.05, 3.63) is 48.6 Å². The predicted molar refractivity (Wildman–Crippen MR) is 292 cm³/mol. The monoisotopic (exact) mass is 940 g/mol. The number of carbonyl (C=O) groups excluding carboxylic acids is 2. The second-order valence-corrected chi connectivity index (χ2v) is 20.0. The van der Waals surface area contributed by atoms with Crippen LogP contribution in [0.3, 0.4) is 0 Å². The fraction of sp³-hybridized carbons (Fsp3) is 0.836. The van der Waals surface area contributed by atoms with E-state index in [1.165, 1.54) is 173 Å². The second kappa shape index (κ2) is 56.4. The van der Waals surface area contributed by atoms with E-state index in [4.69, 9.17) is 4.74 Å². The number of rotatable bonds is 54. The molecule has 0 aliphatic rings. The summed E-state index contributed by atoms with van der Waals surface area (Å²) in [6, 6.07) is -0.649. The van der Waals surface area contributed by atoms with Gasteiger partial charge >= 0.3 is 5.97 Å². The fourth-order valence-corrected chi connectivity index (χ4v) is 8.76. The highest BCUT2D eigenvalue weighted by Crippen LogP contribution is 2.17. The molecule has 67 heavy (non-hydrogen) atoms. The molecule has 6 heteroatoms. The number of amides is 1. The van der Waals surface area contributed by atoms with E-state index in [2.05, 4.69) is 55.6 Å². The van der Waals surface area contributed by atoms with Crippen LogP contribution in [0.4, 0.5) is 0 Å². The molecule has 0 aromatic heterocycles. The summed E-state index contributed by atoms with van der Waals surface area (Å²) < 4.78 is 5.44. The summed E-state index contributed by atoms with van der Waals surface area (Å²) in [4.78, 5) is 24.5. The Bertz CT molecular complexity index is 1130. The van der Waals surface area contributed by atoms with Gasteiger partial charge in [-0.2, -0.15) is 0 Å². The first-order valence-electron chi connectivity index (χ1n) is 29.4. The highest BCUT2D eigenvalue weighted by atomic mass is 16.5.